The van der Waals surface area contributed by atoms with Crippen LogP contribution in [0.25, 0.3) is 5.83 Å². The van der Waals surface area contributed by atoms with Crippen molar-refractivity contribution in [2.24, 2.45) is 0 Å². The molecule has 0 radical (unpaired) electrons. The average molecular weight is 230 g/mol. The second kappa shape index (κ2) is 3.92. The molecule has 0 aliphatic heterocycles. The van der Waals surface area contributed by atoms with Crippen molar-refractivity contribution in [1.29, 1.82) is 0 Å². The van der Waals surface area contributed by atoms with E-state index < -0.39 is 40.7 Å². The van der Waals surface area contributed by atoms with Crippen molar-refractivity contribution in [3.63, 3.8) is 0 Å². The standard InChI is InChI=1S/C8HF7/c9-2-1-3(10)6(12)4(5(2)11)7(13)8(14)15/h1H. The van der Waals surface area contributed by atoms with Gasteiger partial charge in [-0.2, -0.15) is 8.78 Å². The first-order valence-electron chi connectivity index (χ1n) is 3.40. The summed E-state index contributed by atoms with van der Waals surface area (Å²) in [6.07, 6.45) is -3.07. The fourth-order valence-corrected chi connectivity index (χ4v) is 0.860. The lowest BCUT2D eigenvalue weighted by atomic mass is 10.1. The third kappa shape index (κ3) is 1.95. The van der Waals surface area contributed by atoms with E-state index in [-0.39, 0.29) is 6.07 Å². The molecular weight excluding hydrogens is 229 g/mol. The largest absolute Gasteiger partial charge is 0.306 e. The molecule has 0 unspecified atom stereocenters. The molecule has 0 aliphatic rings. The molecule has 0 saturated heterocycles. The van der Waals surface area contributed by atoms with Gasteiger partial charge in [0.25, 0.3) is 0 Å². The second-order valence-electron chi connectivity index (χ2n) is 2.42. The van der Waals surface area contributed by atoms with Crippen LogP contribution in [0.1, 0.15) is 5.56 Å². The molecule has 82 valence electrons. The van der Waals surface area contributed by atoms with Gasteiger partial charge in [0.15, 0.2) is 23.3 Å². The second-order valence-corrected chi connectivity index (χ2v) is 2.42. The highest BCUT2D eigenvalue weighted by Gasteiger charge is 2.25. The highest BCUT2D eigenvalue weighted by atomic mass is 19.3. The Labute approximate surface area is 78.6 Å². The zero-order valence-electron chi connectivity index (χ0n) is 6.72. The molecule has 1 aromatic carbocycles. The van der Waals surface area contributed by atoms with Gasteiger partial charge in [0.05, 0.1) is 5.56 Å². The Balaban J connectivity index is 3.61. The van der Waals surface area contributed by atoms with Gasteiger partial charge in [-0.05, 0) is 0 Å². The van der Waals surface area contributed by atoms with E-state index in [4.69, 9.17) is 0 Å². The molecule has 0 saturated carbocycles. The Morgan fingerprint density at radius 3 is 1.53 bits per heavy atom. The Kier molecular flexibility index (Phi) is 3.01. The summed E-state index contributed by atoms with van der Waals surface area (Å²) in [6, 6.07) is -0.211. The van der Waals surface area contributed by atoms with E-state index in [1.54, 1.807) is 0 Å². The molecule has 0 bridgehead atoms. The third-order valence-corrected chi connectivity index (χ3v) is 1.50. The van der Waals surface area contributed by atoms with Gasteiger partial charge in [-0.15, -0.1) is 0 Å². The maximum absolute atomic E-state index is 12.7. The monoisotopic (exact) mass is 230 g/mol. The normalized spacial score (nSPS) is 10.3. The minimum Gasteiger partial charge on any atom is -0.204 e. The van der Waals surface area contributed by atoms with E-state index in [1.165, 1.54) is 0 Å². The molecule has 0 fully saturated rings. The zero-order chi connectivity index (χ0) is 11.7. The minimum atomic E-state index is -3.07. The summed E-state index contributed by atoms with van der Waals surface area (Å²) in [6.45, 7) is 0. The van der Waals surface area contributed by atoms with Gasteiger partial charge in [0.1, 0.15) is 0 Å². The van der Waals surface area contributed by atoms with E-state index in [9.17, 15) is 30.7 Å². The molecule has 0 aliphatic carbocycles. The average Bonchev–Trinajstić information content (AvgIpc) is 2.15. The highest BCUT2D eigenvalue weighted by molar-refractivity contribution is 5.61. The van der Waals surface area contributed by atoms with Crippen LogP contribution in [0.5, 0.6) is 0 Å². The van der Waals surface area contributed by atoms with Crippen molar-refractivity contribution >= 4 is 5.83 Å². The summed E-state index contributed by atoms with van der Waals surface area (Å²) in [7, 11) is 0. The molecule has 0 spiro atoms. The molecule has 0 nitrogen and oxygen atoms in total. The minimum absolute atomic E-state index is 0.211. The molecule has 0 N–H and O–H groups in total. The van der Waals surface area contributed by atoms with E-state index in [1.807, 2.05) is 0 Å². The van der Waals surface area contributed by atoms with Crippen LogP contribution in [-0.2, 0) is 0 Å². The molecule has 15 heavy (non-hydrogen) atoms. The van der Waals surface area contributed by atoms with Crippen molar-refractivity contribution in [2.45, 2.75) is 0 Å². The van der Waals surface area contributed by atoms with Gasteiger partial charge in [0.2, 0.25) is 5.83 Å². The summed E-state index contributed by atoms with van der Waals surface area (Å²) in [5.41, 5.74) is -2.05. The van der Waals surface area contributed by atoms with E-state index in [0.717, 1.165) is 0 Å². The molecule has 0 aromatic heterocycles. The molecule has 7 heteroatoms. The van der Waals surface area contributed by atoms with Crippen LogP contribution in [0, 0.1) is 23.3 Å². The van der Waals surface area contributed by atoms with Crippen LogP contribution in [0.2, 0.25) is 0 Å². The van der Waals surface area contributed by atoms with Gasteiger partial charge in [0, 0.05) is 6.07 Å². The maximum Gasteiger partial charge on any atom is 0.306 e. The lowest BCUT2D eigenvalue weighted by Gasteiger charge is -2.03. The quantitative estimate of drug-likeness (QED) is 0.508. The van der Waals surface area contributed by atoms with Gasteiger partial charge < -0.3 is 0 Å². The Morgan fingerprint density at radius 1 is 0.800 bits per heavy atom. The molecule has 1 rings (SSSR count). The Hall–Kier alpha value is -1.53. The number of hydrogen-bond acceptors (Lipinski definition) is 0. The van der Waals surface area contributed by atoms with Crippen LogP contribution in [-0.4, -0.2) is 0 Å². The number of benzene rings is 1. The van der Waals surface area contributed by atoms with Crippen molar-refractivity contribution < 1.29 is 30.7 Å². The SMILES string of the molecule is FC(F)=C(F)c1c(F)c(F)cc(F)c1F. The number of halogens is 7. The Morgan fingerprint density at radius 2 is 1.20 bits per heavy atom. The summed E-state index contributed by atoms with van der Waals surface area (Å²) >= 11 is 0. The van der Waals surface area contributed by atoms with E-state index in [2.05, 4.69) is 0 Å². The van der Waals surface area contributed by atoms with Crippen LogP contribution < -0.4 is 0 Å². The fraction of sp³-hybridized carbons (Fsp3) is 0. The predicted molar refractivity (Wildman–Crippen MR) is 36.5 cm³/mol. The van der Waals surface area contributed by atoms with Crippen molar-refractivity contribution in [3.05, 3.63) is 41.0 Å². The van der Waals surface area contributed by atoms with Crippen LogP contribution in [0.3, 0.4) is 0 Å². The first kappa shape index (κ1) is 11.5. The smallest absolute Gasteiger partial charge is 0.204 e. The zero-order valence-corrected chi connectivity index (χ0v) is 6.72. The first-order valence-corrected chi connectivity index (χ1v) is 3.40. The molecule has 0 atom stereocenters. The van der Waals surface area contributed by atoms with Crippen molar-refractivity contribution in [2.75, 3.05) is 0 Å². The van der Waals surface area contributed by atoms with Gasteiger partial charge in [-0.1, -0.05) is 0 Å². The third-order valence-electron chi connectivity index (χ3n) is 1.50. The lowest BCUT2D eigenvalue weighted by Crippen LogP contribution is -2.00. The summed E-state index contributed by atoms with van der Waals surface area (Å²) in [5.74, 6) is -11.0. The number of rotatable bonds is 1. The molecule has 0 heterocycles. The topological polar surface area (TPSA) is 0 Å². The molecule has 1 aromatic rings. The summed E-state index contributed by atoms with van der Waals surface area (Å²) in [5, 5.41) is 0. The summed E-state index contributed by atoms with van der Waals surface area (Å²) < 4.78 is 86.0. The molecular formula is C8HF7. The lowest BCUT2D eigenvalue weighted by molar-refractivity contribution is 0.402. The predicted octanol–water partition coefficient (Wildman–Crippen LogP) is 3.78. The maximum atomic E-state index is 12.7. The molecule has 0 amide bonds. The first-order chi connectivity index (χ1) is 6.86. The van der Waals surface area contributed by atoms with E-state index >= 15 is 0 Å². The number of hydrogen-bond donors (Lipinski definition) is 0. The fourth-order valence-electron chi connectivity index (χ4n) is 0.860. The van der Waals surface area contributed by atoms with Gasteiger partial charge >= 0.3 is 6.08 Å². The van der Waals surface area contributed by atoms with E-state index in [0.29, 0.717) is 0 Å². The van der Waals surface area contributed by atoms with Crippen LogP contribution in [0.4, 0.5) is 30.7 Å². The van der Waals surface area contributed by atoms with Gasteiger partial charge in [-0.3, -0.25) is 0 Å². The highest BCUT2D eigenvalue weighted by Crippen LogP contribution is 2.29. The van der Waals surface area contributed by atoms with Gasteiger partial charge in [-0.25, -0.2) is 22.0 Å². The Bertz CT molecular complexity index is 405. The summed E-state index contributed by atoms with van der Waals surface area (Å²) in [4.78, 5) is 0. The van der Waals surface area contributed by atoms with Crippen LogP contribution in [0.15, 0.2) is 12.1 Å². The van der Waals surface area contributed by atoms with Crippen LogP contribution >= 0.6 is 0 Å². The van der Waals surface area contributed by atoms with Crippen molar-refractivity contribution in [1.82, 2.24) is 0 Å². The van der Waals surface area contributed by atoms with Crippen molar-refractivity contribution in [3.8, 4) is 0 Å².